The zero-order valence-corrected chi connectivity index (χ0v) is 13.6. The van der Waals surface area contributed by atoms with Gasteiger partial charge in [-0.3, -0.25) is 9.59 Å². The van der Waals surface area contributed by atoms with Gasteiger partial charge in [0.15, 0.2) is 0 Å². The molecule has 0 fully saturated rings. The molecule has 0 aromatic heterocycles. The minimum absolute atomic E-state index is 0.260. The minimum Gasteiger partial charge on any atom is -0.480 e. The molecule has 124 valence electrons. The highest BCUT2D eigenvalue weighted by Crippen LogP contribution is 2.33. The molecular weight excluding hydrogens is 320 g/mol. The van der Waals surface area contributed by atoms with Crippen molar-refractivity contribution in [3.63, 3.8) is 0 Å². The van der Waals surface area contributed by atoms with Gasteiger partial charge in [0.25, 0.3) is 17.4 Å². The van der Waals surface area contributed by atoms with Gasteiger partial charge in [0.05, 0.1) is 5.69 Å². The average molecular weight is 338 g/mol. The Morgan fingerprint density at radius 2 is 2.13 bits per heavy atom. The lowest BCUT2D eigenvalue weighted by atomic mass is 10.0. The van der Waals surface area contributed by atoms with E-state index in [1.165, 1.54) is 18.7 Å². The highest BCUT2D eigenvalue weighted by atomic mass is 32.2. The molecule has 0 bridgehead atoms. The summed E-state index contributed by atoms with van der Waals surface area (Å²) in [4.78, 5) is 35.9. The zero-order valence-electron chi connectivity index (χ0n) is 12.8. The van der Waals surface area contributed by atoms with Crippen molar-refractivity contribution >= 4 is 35.2 Å². The number of benzene rings is 1. The lowest BCUT2D eigenvalue weighted by Gasteiger charge is -2.33. The highest BCUT2D eigenvalue weighted by Gasteiger charge is 2.48. The fraction of sp³-hybridized carbons (Fsp3) is 0.400. The first kappa shape index (κ1) is 17.1. The first-order chi connectivity index (χ1) is 10.9. The summed E-state index contributed by atoms with van der Waals surface area (Å²) in [7, 11) is 0. The number of fused-ring (bicyclic) bond motifs is 1. The number of anilines is 1. The van der Waals surface area contributed by atoms with Gasteiger partial charge in [-0.1, -0.05) is 12.1 Å². The van der Waals surface area contributed by atoms with E-state index in [2.05, 4.69) is 10.6 Å². The number of para-hydroxylation sites is 2. The smallest absolute Gasteiger partial charge is 0.326 e. The molecule has 3 N–H and O–H groups in total. The van der Waals surface area contributed by atoms with Crippen LogP contribution < -0.4 is 15.4 Å². The van der Waals surface area contributed by atoms with E-state index in [0.717, 1.165) is 0 Å². The van der Waals surface area contributed by atoms with Gasteiger partial charge in [0.1, 0.15) is 11.8 Å². The maximum atomic E-state index is 12.5. The van der Waals surface area contributed by atoms with Crippen LogP contribution in [0.1, 0.15) is 13.3 Å². The van der Waals surface area contributed by atoms with Gasteiger partial charge < -0.3 is 20.5 Å². The third-order valence-corrected chi connectivity index (χ3v) is 4.17. The summed E-state index contributed by atoms with van der Waals surface area (Å²) in [6.07, 6.45) is 2.10. The van der Waals surface area contributed by atoms with E-state index < -0.39 is 29.4 Å². The Labute approximate surface area is 137 Å². The van der Waals surface area contributed by atoms with Crippen molar-refractivity contribution in [2.75, 3.05) is 17.3 Å². The Hall–Kier alpha value is -2.22. The Kier molecular flexibility index (Phi) is 5.15. The summed E-state index contributed by atoms with van der Waals surface area (Å²) in [6, 6.07) is 5.66. The van der Waals surface area contributed by atoms with Crippen molar-refractivity contribution in [2.45, 2.75) is 25.0 Å². The van der Waals surface area contributed by atoms with Gasteiger partial charge in [-0.15, -0.1) is 0 Å². The number of hydrogen-bond acceptors (Lipinski definition) is 5. The molecule has 0 saturated heterocycles. The van der Waals surface area contributed by atoms with Crippen molar-refractivity contribution in [3.8, 4) is 5.75 Å². The molecule has 7 nitrogen and oxygen atoms in total. The number of hydrogen-bond donors (Lipinski definition) is 3. The van der Waals surface area contributed by atoms with E-state index in [0.29, 0.717) is 17.2 Å². The van der Waals surface area contributed by atoms with Crippen LogP contribution in [0, 0.1) is 0 Å². The molecule has 2 rings (SSSR count). The van der Waals surface area contributed by atoms with E-state index in [4.69, 9.17) is 4.74 Å². The number of nitrogens with one attached hydrogen (secondary N) is 2. The van der Waals surface area contributed by atoms with Crippen molar-refractivity contribution in [2.24, 2.45) is 0 Å². The molecule has 1 aromatic rings. The number of ether oxygens (including phenoxy) is 1. The van der Waals surface area contributed by atoms with Gasteiger partial charge in [-0.05, 0) is 37.5 Å². The van der Waals surface area contributed by atoms with Crippen molar-refractivity contribution < 1.29 is 24.2 Å². The number of aliphatic carboxylic acids is 1. The van der Waals surface area contributed by atoms with Crippen molar-refractivity contribution in [1.82, 2.24) is 5.32 Å². The van der Waals surface area contributed by atoms with E-state index in [1.807, 2.05) is 6.26 Å². The first-order valence-electron chi connectivity index (χ1n) is 7.00. The second-order valence-corrected chi connectivity index (χ2v) is 6.22. The summed E-state index contributed by atoms with van der Waals surface area (Å²) in [5, 5.41) is 14.2. The van der Waals surface area contributed by atoms with Crippen LogP contribution in [0.2, 0.25) is 0 Å². The SMILES string of the molecule is CSCCC(NC(=O)C1(C)Oc2ccccc2NC1=O)C(=O)O. The molecule has 23 heavy (non-hydrogen) atoms. The number of carbonyl (C=O) groups is 3. The lowest BCUT2D eigenvalue weighted by Crippen LogP contribution is -2.61. The van der Waals surface area contributed by atoms with Gasteiger partial charge in [0, 0.05) is 0 Å². The molecule has 2 unspecified atom stereocenters. The number of carboxylic acid groups (broad SMARTS) is 1. The van der Waals surface area contributed by atoms with Gasteiger partial charge in [-0.25, -0.2) is 4.79 Å². The number of thioether (sulfide) groups is 1. The fourth-order valence-corrected chi connectivity index (χ4v) is 2.58. The maximum Gasteiger partial charge on any atom is 0.326 e. The van der Waals surface area contributed by atoms with Crippen molar-refractivity contribution in [1.29, 1.82) is 0 Å². The molecule has 2 amide bonds. The Morgan fingerprint density at radius 1 is 1.43 bits per heavy atom. The first-order valence-corrected chi connectivity index (χ1v) is 8.40. The van der Waals surface area contributed by atoms with E-state index >= 15 is 0 Å². The average Bonchev–Trinajstić information content (AvgIpc) is 2.51. The van der Waals surface area contributed by atoms with Crippen LogP contribution in [0.15, 0.2) is 24.3 Å². The number of amides is 2. The summed E-state index contributed by atoms with van der Waals surface area (Å²) in [5.74, 6) is -1.63. The quantitative estimate of drug-likeness (QED) is 0.671. The Bertz CT molecular complexity index is 636. The monoisotopic (exact) mass is 338 g/mol. The van der Waals surface area contributed by atoms with Crippen LogP contribution >= 0.6 is 11.8 Å². The number of rotatable bonds is 6. The van der Waals surface area contributed by atoms with Crippen LogP contribution in [0.25, 0.3) is 0 Å². The Balaban J connectivity index is 2.17. The van der Waals surface area contributed by atoms with Crippen LogP contribution in [-0.4, -0.2) is 46.5 Å². The molecule has 8 heteroatoms. The summed E-state index contributed by atoms with van der Waals surface area (Å²) >= 11 is 1.48. The Morgan fingerprint density at radius 3 is 2.78 bits per heavy atom. The molecule has 1 aliphatic rings. The fourth-order valence-electron chi connectivity index (χ4n) is 2.11. The van der Waals surface area contributed by atoms with Gasteiger partial charge >= 0.3 is 5.97 Å². The molecule has 0 radical (unpaired) electrons. The lowest BCUT2D eigenvalue weighted by molar-refractivity contribution is -0.151. The summed E-state index contributed by atoms with van der Waals surface area (Å²) in [6.45, 7) is 1.32. The number of carbonyl (C=O) groups excluding carboxylic acids is 2. The van der Waals surface area contributed by atoms with Gasteiger partial charge in [-0.2, -0.15) is 11.8 Å². The predicted octanol–water partition coefficient (Wildman–Crippen LogP) is 1.10. The predicted molar refractivity (Wildman–Crippen MR) is 86.7 cm³/mol. The third kappa shape index (κ3) is 3.58. The van der Waals surface area contributed by atoms with Crippen molar-refractivity contribution in [3.05, 3.63) is 24.3 Å². The summed E-state index contributed by atoms with van der Waals surface area (Å²) < 4.78 is 5.56. The second-order valence-electron chi connectivity index (χ2n) is 5.23. The molecule has 0 saturated carbocycles. The second kappa shape index (κ2) is 6.91. The minimum atomic E-state index is -1.82. The van der Waals surface area contributed by atoms with E-state index in [1.54, 1.807) is 24.3 Å². The maximum absolute atomic E-state index is 12.5. The standard InChI is InChI=1S/C15H18N2O5S/c1-15(14(21)17-10(12(18)19)7-8-23-2)13(20)16-9-5-3-4-6-11(9)22-15/h3-6,10H,7-8H2,1-2H3,(H,16,20)(H,17,21)(H,18,19). The van der Waals surface area contributed by atoms with E-state index in [9.17, 15) is 19.5 Å². The third-order valence-electron chi connectivity index (χ3n) is 3.53. The molecule has 1 aliphatic heterocycles. The van der Waals surface area contributed by atoms with Crippen LogP contribution in [0.4, 0.5) is 5.69 Å². The molecule has 0 aliphatic carbocycles. The van der Waals surface area contributed by atoms with Crippen LogP contribution in [0.5, 0.6) is 5.75 Å². The highest BCUT2D eigenvalue weighted by molar-refractivity contribution is 7.98. The normalized spacial score (nSPS) is 20.7. The molecule has 1 heterocycles. The van der Waals surface area contributed by atoms with Crippen LogP contribution in [-0.2, 0) is 14.4 Å². The molecule has 1 aromatic carbocycles. The molecule has 0 spiro atoms. The summed E-state index contributed by atoms with van der Waals surface area (Å²) in [5.41, 5.74) is -1.35. The molecule has 2 atom stereocenters. The van der Waals surface area contributed by atoms with Crippen LogP contribution in [0.3, 0.4) is 0 Å². The zero-order chi connectivity index (χ0) is 17.0. The number of carboxylic acids is 1. The molecular formula is C15H18N2O5S. The topological polar surface area (TPSA) is 105 Å². The van der Waals surface area contributed by atoms with Gasteiger partial charge in [0.2, 0.25) is 0 Å². The largest absolute Gasteiger partial charge is 0.480 e. The van der Waals surface area contributed by atoms with E-state index in [-0.39, 0.29) is 6.42 Å².